The number of aromatic nitrogens is 3. The molecule has 5 nitrogen and oxygen atoms in total. The molecule has 2 aromatic heterocycles. The van der Waals surface area contributed by atoms with E-state index in [0.717, 1.165) is 11.4 Å². The van der Waals surface area contributed by atoms with E-state index in [1.165, 1.54) is 6.20 Å². The predicted octanol–water partition coefficient (Wildman–Crippen LogP) is 1.12. The van der Waals surface area contributed by atoms with Crippen LogP contribution in [0.2, 0.25) is 0 Å². The Morgan fingerprint density at radius 2 is 2.29 bits per heavy atom. The van der Waals surface area contributed by atoms with E-state index in [9.17, 15) is 0 Å². The van der Waals surface area contributed by atoms with Gasteiger partial charge < -0.3 is 10.4 Å². The number of nitrogens with zero attached hydrogens (tertiary/aromatic N) is 2. The van der Waals surface area contributed by atoms with Crippen LogP contribution in [0.5, 0.6) is 5.75 Å². The molecule has 72 valence electrons. The number of H-pyrrole nitrogens is 1. The molecule has 0 unspecified atom stereocenters. The van der Waals surface area contributed by atoms with Crippen LogP contribution in [0.25, 0.3) is 0 Å². The molecule has 3 N–H and O–H groups in total. The van der Waals surface area contributed by atoms with Crippen LogP contribution in [0.1, 0.15) is 5.69 Å². The van der Waals surface area contributed by atoms with Crippen molar-refractivity contribution in [2.24, 2.45) is 0 Å². The fraction of sp³-hybridized carbons (Fsp3) is 0.111. The van der Waals surface area contributed by atoms with Crippen molar-refractivity contribution in [1.82, 2.24) is 15.2 Å². The maximum atomic E-state index is 9.01. The van der Waals surface area contributed by atoms with Crippen molar-refractivity contribution < 1.29 is 5.11 Å². The Labute approximate surface area is 80.8 Å². The summed E-state index contributed by atoms with van der Waals surface area (Å²) in [5.41, 5.74) is 1.78. The number of aromatic hydroxyl groups is 1. The molecule has 0 spiro atoms. The zero-order valence-electron chi connectivity index (χ0n) is 7.44. The van der Waals surface area contributed by atoms with E-state index in [4.69, 9.17) is 5.11 Å². The summed E-state index contributed by atoms with van der Waals surface area (Å²) in [5, 5.41) is 18.6. The Morgan fingerprint density at radius 1 is 1.36 bits per heavy atom. The summed E-state index contributed by atoms with van der Waals surface area (Å²) in [6.45, 7) is 0.611. The number of anilines is 1. The molecule has 0 aliphatic rings. The molecule has 0 fully saturated rings. The lowest BCUT2D eigenvalue weighted by Gasteiger charge is -2.02. The SMILES string of the molecule is Oc1ccc(CNc2cn[nH]c2)nc1. The lowest BCUT2D eigenvalue weighted by molar-refractivity contribution is 0.472. The third kappa shape index (κ3) is 2.01. The molecule has 5 heteroatoms. The van der Waals surface area contributed by atoms with E-state index < -0.39 is 0 Å². The molecule has 0 radical (unpaired) electrons. The fourth-order valence-electron chi connectivity index (χ4n) is 1.06. The molecule has 0 aromatic carbocycles. The standard InChI is InChI=1S/C9H10N4O/c14-9-2-1-7(11-6-9)3-10-8-4-12-13-5-8/h1-2,4-6,10,14H,3H2,(H,12,13). The van der Waals surface area contributed by atoms with E-state index in [1.807, 2.05) is 0 Å². The molecule has 0 amide bonds. The minimum atomic E-state index is 0.178. The second kappa shape index (κ2) is 3.78. The average Bonchev–Trinajstić information content (AvgIpc) is 2.70. The van der Waals surface area contributed by atoms with E-state index in [-0.39, 0.29) is 5.75 Å². The van der Waals surface area contributed by atoms with Crippen molar-refractivity contribution in [1.29, 1.82) is 0 Å². The van der Waals surface area contributed by atoms with Crippen molar-refractivity contribution in [3.8, 4) is 5.75 Å². The highest BCUT2D eigenvalue weighted by atomic mass is 16.3. The number of pyridine rings is 1. The predicted molar refractivity (Wildman–Crippen MR) is 51.8 cm³/mol. The zero-order valence-corrected chi connectivity index (χ0v) is 7.44. The minimum absolute atomic E-state index is 0.178. The zero-order chi connectivity index (χ0) is 9.80. The second-order valence-electron chi connectivity index (χ2n) is 2.85. The first-order valence-corrected chi connectivity index (χ1v) is 4.21. The van der Waals surface area contributed by atoms with Crippen LogP contribution in [-0.2, 0) is 6.54 Å². The Balaban J connectivity index is 1.95. The normalized spacial score (nSPS) is 10.0. The molecular formula is C9H10N4O. The van der Waals surface area contributed by atoms with Gasteiger partial charge >= 0.3 is 0 Å². The molecule has 0 bridgehead atoms. The third-order valence-corrected chi connectivity index (χ3v) is 1.78. The highest BCUT2D eigenvalue weighted by Crippen LogP contribution is 2.08. The first kappa shape index (κ1) is 8.55. The van der Waals surface area contributed by atoms with Gasteiger partial charge in [0, 0.05) is 6.20 Å². The van der Waals surface area contributed by atoms with Gasteiger partial charge in [0.15, 0.2) is 0 Å². The van der Waals surface area contributed by atoms with Crippen molar-refractivity contribution in [2.75, 3.05) is 5.32 Å². The smallest absolute Gasteiger partial charge is 0.133 e. The molecule has 2 heterocycles. The first-order chi connectivity index (χ1) is 6.84. The molecule has 0 aliphatic heterocycles. The summed E-state index contributed by atoms with van der Waals surface area (Å²) in [4.78, 5) is 4.03. The van der Waals surface area contributed by atoms with Crippen molar-refractivity contribution in [2.45, 2.75) is 6.54 Å². The summed E-state index contributed by atoms with van der Waals surface area (Å²) in [5.74, 6) is 0.178. The van der Waals surface area contributed by atoms with Gasteiger partial charge in [-0.15, -0.1) is 0 Å². The van der Waals surface area contributed by atoms with Gasteiger partial charge in [-0.25, -0.2) is 0 Å². The van der Waals surface area contributed by atoms with Crippen LogP contribution in [0, 0.1) is 0 Å². The summed E-state index contributed by atoms with van der Waals surface area (Å²) < 4.78 is 0. The Hall–Kier alpha value is -2.04. The van der Waals surface area contributed by atoms with Crippen LogP contribution in [0.3, 0.4) is 0 Å². The van der Waals surface area contributed by atoms with Gasteiger partial charge in [-0.2, -0.15) is 5.10 Å². The van der Waals surface area contributed by atoms with Crippen molar-refractivity contribution >= 4 is 5.69 Å². The molecule has 2 rings (SSSR count). The average molecular weight is 190 g/mol. The number of aromatic amines is 1. The molecule has 14 heavy (non-hydrogen) atoms. The largest absolute Gasteiger partial charge is 0.506 e. The molecular weight excluding hydrogens is 180 g/mol. The third-order valence-electron chi connectivity index (χ3n) is 1.78. The topological polar surface area (TPSA) is 73.8 Å². The van der Waals surface area contributed by atoms with Gasteiger partial charge in [0.1, 0.15) is 5.75 Å². The number of rotatable bonds is 3. The molecule has 0 saturated heterocycles. The maximum Gasteiger partial charge on any atom is 0.133 e. The summed E-state index contributed by atoms with van der Waals surface area (Å²) in [6.07, 6.45) is 4.88. The molecule has 2 aromatic rings. The first-order valence-electron chi connectivity index (χ1n) is 4.21. The van der Waals surface area contributed by atoms with E-state index in [1.54, 1.807) is 24.5 Å². The van der Waals surface area contributed by atoms with Crippen LogP contribution in [-0.4, -0.2) is 20.3 Å². The van der Waals surface area contributed by atoms with Gasteiger partial charge in [0.2, 0.25) is 0 Å². The summed E-state index contributed by atoms with van der Waals surface area (Å²) in [7, 11) is 0. The molecule has 0 atom stereocenters. The molecule has 0 aliphatic carbocycles. The van der Waals surface area contributed by atoms with E-state index in [0.29, 0.717) is 6.54 Å². The van der Waals surface area contributed by atoms with Gasteiger partial charge in [0.25, 0.3) is 0 Å². The second-order valence-corrected chi connectivity index (χ2v) is 2.85. The Bertz CT molecular complexity index is 382. The lowest BCUT2D eigenvalue weighted by atomic mass is 10.3. The molecule has 0 saturated carbocycles. The van der Waals surface area contributed by atoms with E-state index in [2.05, 4.69) is 20.5 Å². The number of hydrogen-bond donors (Lipinski definition) is 3. The number of nitrogens with one attached hydrogen (secondary N) is 2. The Kier molecular flexibility index (Phi) is 2.31. The van der Waals surface area contributed by atoms with Gasteiger partial charge in [-0.1, -0.05) is 0 Å². The van der Waals surface area contributed by atoms with Crippen LogP contribution in [0.15, 0.2) is 30.7 Å². The van der Waals surface area contributed by atoms with Crippen LogP contribution < -0.4 is 5.32 Å². The van der Waals surface area contributed by atoms with Gasteiger partial charge in [0.05, 0.1) is 30.3 Å². The highest BCUT2D eigenvalue weighted by molar-refractivity contribution is 5.38. The van der Waals surface area contributed by atoms with Crippen molar-refractivity contribution in [3.05, 3.63) is 36.4 Å². The van der Waals surface area contributed by atoms with Crippen LogP contribution in [0.4, 0.5) is 5.69 Å². The fourth-order valence-corrected chi connectivity index (χ4v) is 1.06. The number of hydrogen-bond acceptors (Lipinski definition) is 4. The maximum absolute atomic E-state index is 9.01. The van der Waals surface area contributed by atoms with Crippen molar-refractivity contribution in [3.63, 3.8) is 0 Å². The summed E-state index contributed by atoms with van der Waals surface area (Å²) >= 11 is 0. The van der Waals surface area contributed by atoms with Gasteiger partial charge in [-0.05, 0) is 12.1 Å². The minimum Gasteiger partial charge on any atom is -0.506 e. The van der Waals surface area contributed by atoms with Gasteiger partial charge in [-0.3, -0.25) is 10.1 Å². The monoisotopic (exact) mass is 190 g/mol. The quantitative estimate of drug-likeness (QED) is 0.678. The van der Waals surface area contributed by atoms with Crippen LogP contribution >= 0.6 is 0 Å². The Morgan fingerprint density at radius 3 is 2.93 bits per heavy atom. The summed E-state index contributed by atoms with van der Waals surface area (Å²) in [6, 6.07) is 3.38. The van der Waals surface area contributed by atoms with E-state index >= 15 is 0 Å². The highest BCUT2D eigenvalue weighted by Gasteiger charge is 1.95. The lowest BCUT2D eigenvalue weighted by Crippen LogP contribution is -1.99.